The summed E-state index contributed by atoms with van der Waals surface area (Å²) in [7, 11) is 3.14. The van der Waals surface area contributed by atoms with Gasteiger partial charge >= 0.3 is 0 Å². The summed E-state index contributed by atoms with van der Waals surface area (Å²) >= 11 is 7.21. The lowest BCUT2D eigenvalue weighted by molar-refractivity contribution is -0.111. The van der Waals surface area contributed by atoms with E-state index in [1.165, 1.54) is 35.6 Å². The molecule has 2 aromatic carbocycles. The van der Waals surface area contributed by atoms with Crippen LogP contribution in [0.4, 0.5) is 9.52 Å². The van der Waals surface area contributed by atoms with E-state index in [9.17, 15) is 9.18 Å². The smallest absolute Gasteiger partial charge is 0.250 e. The summed E-state index contributed by atoms with van der Waals surface area (Å²) in [6.45, 7) is 0. The normalized spacial score (nSPS) is 10.9. The summed E-state index contributed by atoms with van der Waals surface area (Å²) in [6, 6.07) is 9.72. The number of amides is 1. The Morgan fingerprint density at radius 2 is 2.07 bits per heavy atom. The van der Waals surface area contributed by atoms with E-state index in [1.54, 1.807) is 37.8 Å². The highest BCUT2D eigenvalue weighted by Gasteiger charge is 2.12. The fourth-order valence-corrected chi connectivity index (χ4v) is 3.38. The van der Waals surface area contributed by atoms with Crippen LogP contribution in [0, 0.1) is 5.82 Å². The third kappa shape index (κ3) is 4.49. The minimum absolute atomic E-state index is 0.155. The molecular weight excluding hydrogens is 403 g/mol. The highest BCUT2D eigenvalue weighted by molar-refractivity contribution is 7.14. The fraction of sp³-hybridized carbons (Fsp3) is 0.100. The number of carbonyl (C=O) groups is 1. The SMILES string of the molecule is COc1ccc(-c2csc(NC(=O)/C=C/c3c(F)cccc3Cl)n2)c(OC)c1. The summed E-state index contributed by atoms with van der Waals surface area (Å²) < 4.78 is 24.3. The van der Waals surface area contributed by atoms with E-state index in [-0.39, 0.29) is 10.6 Å². The van der Waals surface area contributed by atoms with Crippen LogP contribution in [0.25, 0.3) is 17.3 Å². The van der Waals surface area contributed by atoms with Gasteiger partial charge < -0.3 is 9.47 Å². The van der Waals surface area contributed by atoms with Crippen molar-refractivity contribution in [2.24, 2.45) is 0 Å². The number of anilines is 1. The van der Waals surface area contributed by atoms with E-state index < -0.39 is 11.7 Å². The predicted molar refractivity (Wildman–Crippen MR) is 110 cm³/mol. The van der Waals surface area contributed by atoms with E-state index >= 15 is 0 Å². The van der Waals surface area contributed by atoms with Gasteiger partial charge in [-0.05, 0) is 30.3 Å². The van der Waals surface area contributed by atoms with Crippen LogP contribution in [-0.2, 0) is 4.79 Å². The van der Waals surface area contributed by atoms with Gasteiger partial charge in [0.05, 0.1) is 24.9 Å². The molecule has 0 fully saturated rings. The zero-order chi connectivity index (χ0) is 20.1. The number of hydrogen-bond donors (Lipinski definition) is 1. The van der Waals surface area contributed by atoms with E-state index in [2.05, 4.69) is 10.3 Å². The summed E-state index contributed by atoms with van der Waals surface area (Å²) in [5.74, 6) is 0.333. The molecule has 0 unspecified atom stereocenters. The molecule has 0 aliphatic rings. The third-order valence-corrected chi connectivity index (χ3v) is 4.91. The maximum atomic E-state index is 13.7. The first kappa shape index (κ1) is 19.9. The van der Waals surface area contributed by atoms with Crippen LogP contribution in [0.3, 0.4) is 0 Å². The van der Waals surface area contributed by atoms with Gasteiger partial charge in [0.2, 0.25) is 5.91 Å². The average molecular weight is 419 g/mol. The monoisotopic (exact) mass is 418 g/mol. The second-order valence-electron chi connectivity index (χ2n) is 5.56. The molecule has 0 atom stereocenters. The number of nitrogens with one attached hydrogen (secondary N) is 1. The first-order valence-electron chi connectivity index (χ1n) is 8.13. The molecule has 1 heterocycles. The second-order valence-corrected chi connectivity index (χ2v) is 6.83. The fourth-order valence-electron chi connectivity index (χ4n) is 2.44. The van der Waals surface area contributed by atoms with Crippen molar-refractivity contribution >= 4 is 40.1 Å². The van der Waals surface area contributed by atoms with Crippen LogP contribution in [0.1, 0.15) is 5.56 Å². The highest BCUT2D eigenvalue weighted by atomic mass is 35.5. The Morgan fingerprint density at radius 1 is 1.25 bits per heavy atom. The van der Waals surface area contributed by atoms with Gasteiger partial charge in [0.1, 0.15) is 17.3 Å². The molecule has 1 N–H and O–H groups in total. The number of benzene rings is 2. The Balaban J connectivity index is 1.74. The van der Waals surface area contributed by atoms with Crippen molar-refractivity contribution in [3.63, 3.8) is 0 Å². The Bertz CT molecular complexity index is 1020. The molecule has 144 valence electrons. The van der Waals surface area contributed by atoms with Crippen molar-refractivity contribution in [3.05, 3.63) is 64.3 Å². The van der Waals surface area contributed by atoms with Gasteiger partial charge in [-0.2, -0.15) is 0 Å². The molecule has 0 spiro atoms. The summed E-state index contributed by atoms with van der Waals surface area (Å²) in [4.78, 5) is 16.5. The minimum atomic E-state index is -0.500. The lowest BCUT2D eigenvalue weighted by atomic mass is 10.1. The Kier molecular flexibility index (Phi) is 6.28. The van der Waals surface area contributed by atoms with E-state index in [4.69, 9.17) is 21.1 Å². The molecule has 1 amide bonds. The number of carbonyl (C=O) groups excluding carboxylic acids is 1. The molecule has 5 nitrogen and oxygen atoms in total. The van der Waals surface area contributed by atoms with Crippen molar-refractivity contribution in [2.75, 3.05) is 19.5 Å². The summed E-state index contributed by atoms with van der Waals surface area (Å²) in [5, 5.41) is 5.09. The number of aromatic nitrogens is 1. The average Bonchev–Trinajstić information content (AvgIpc) is 3.15. The number of hydrogen-bond acceptors (Lipinski definition) is 5. The maximum absolute atomic E-state index is 13.7. The molecule has 1 aromatic heterocycles. The molecule has 0 aliphatic carbocycles. The minimum Gasteiger partial charge on any atom is -0.497 e. The van der Waals surface area contributed by atoms with Gasteiger partial charge in [0.25, 0.3) is 0 Å². The number of thiazole rings is 1. The summed E-state index contributed by atoms with van der Waals surface area (Å²) in [6.07, 6.45) is 2.54. The summed E-state index contributed by atoms with van der Waals surface area (Å²) in [5.41, 5.74) is 1.58. The third-order valence-electron chi connectivity index (χ3n) is 3.82. The zero-order valence-corrected chi connectivity index (χ0v) is 16.6. The van der Waals surface area contributed by atoms with Gasteiger partial charge in [-0.1, -0.05) is 17.7 Å². The van der Waals surface area contributed by atoms with Gasteiger partial charge in [-0.25, -0.2) is 9.37 Å². The molecule has 0 saturated carbocycles. The van der Waals surface area contributed by atoms with Crippen LogP contribution in [0.15, 0.2) is 47.9 Å². The van der Waals surface area contributed by atoms with Gasteiger partial charge in [0, 0.05) is 28.6 Å². The number of methoxy groups -OCH3 is 2. The molecule has 0 bridgehead atoms. The Hall–Kier alpha value is -2.90. The van der Waals surface area contributed by atoms with E-state index in [0.29, 0.717) is 22.3 Å². The molecular formula is C20H16ClFN2O3S. The number of nitrogens with zero attached hydrogens (tertiary/aromatic N) is 1. The van der Waals surface area contributed by atoms with Crippen LogP contribution < -0.4 is 14.8 Å². The van der Waals surface area contributed by atoms with E-state index in [1.807, 2.05) is 6.07 Å². The van der Waals surface area contributed by atoms with Crippen LogP contribution >= 0.6 is 22.9 Å². The van der Waals surface area contributed by atoms with Crippen molar-refractivity contribution in [1.29, 1.82) is 0 Å². The highest BCUT2D eigenvalue weighted by Crippen LogP contribution is 2.34. The molecule has 0 aliphatic heterocycles. The molecule has 8 heteroatoms. The van der Waals surface area contributed by atoms with Crippen molar-refractivity contribution in [1.82, 2.24) is 4.98 Å². The molecule has 28 heavy (non-hydrogen) atoms. The van der Waals surface area contributed by atoms with Gasteiger partial charge in [-0.3, -0.25) is 10.1 Å². The first-order chi connectivity index (χ1) is 13.5. The number of ether oxygens (including phenoxy) is 2. The van der Waals surface area contributed by atoms with Crippen LogP contribution in [0.2, 0.25) is 5.02 Å². The second kappa shape index (κ2) is 8.86. The molecule has 3 aromatic rings. The predicted octanol–water partition coefficient (Wildman–Crippen LogP) is 5.27. The van der Waals surface area contributed by atoms with Crippen LogP contribution in [0.5, 0.6) is 11.5 Å². The topological polar surface area (TPSA) is 60.5 Å². The standard InChI is InChI=1S/C20H16ClFN2O3S/c1-26-12-6-7-14(18(10-12)27-2)17-11-28-20(23-17)24-19(25)9-8-13-15(21)4-3-5-16(13)22/h3-11H,1-2H3,(H,23,24,25)/b9-8+. The lowest BCUT2D eigenvalue weighted by Gasteiger charge is -2.08. The first-order valence-corrected chi connectivity index (χ1v) is 9.38. The van der Waals surface area contributed by atoms with Gasteiger partial charge in [-0.15, -0.1) is 11.3 Å². The number of rotatable bonds is 6. The quantitative estimate of drug-likeness (QED) is 0.554. The van der Waals surface area contributed by atoms with Gasteiger partial charge in [0.15, 0.2) is 5.13 Å². The van der Waals surface area contributed by atoms with Crippen LogP contribution in [-0.4, -0.2) is 25.1 Å². The van der Waals surface area contributed by atoms with Crippen molar-refractivity contribution in [2.45, 2.75) is 0 Å². The number of halogens is 2. The Labute approximate surface area is 170 Å². The van der Waals surface area contributed by atoms with Crippen molar-refractivity contribution < 1.29 is 18.7 Å². The Morgan fingerprint density at radius 3 is 2.79 bits per heavy atom. The largest absolute Gasteiger partial charge is 0.497 e. The van der Waals surface area contributed by atoms with E-state index in [0.717, 1.165) is 5.56 Å². The molecule has 3 rings (SSSR count). The molecule has 0 radical (unpaired) electrons. The lowest BCUT2D eigenvalue weighted by Crippen LogP contribution is -2.07. The zero-order valence-electron chi connectivity index (χ0n) is 15.0. The molecule has 0 saturated heterocycles. The maximum Gasteiger partial charge on any atom is 0.250 e. The van der Waals surface area contributed by atoms with Crippen molar-refractivity contribution in [3.8, 4) is 22.8 Å².